The van der Waals surface area contributed by atoms with E-state index in [1.807, 2.05) is 13.8 Å². The highest BCUT2D eigenvalue weighted by Crippen LogP contribution is 2.07. The first-order chi connectivity index (χ1) is 5.58. The monoisotopic (exact) mass is 190 g/mol. The fourth-order valence-electron chi connectivity index (χ4n) is 0.978. The highest BCUT2D eigenvalue weighted by Gasteiger charge is 2.20. The topological polar surface area (TPSA) is 70.0 Å². The molecule has 0 aromatic rings. The molecule has 5 heteroatoms. The molecule has 0 bridgehead atoms. The van der Waals surface area contributed by atoms with E-state index in [-0.39, 0.29) is 11.8 Å². The lowest BCUT2D eigenvalue weighted by Gasteiger charge is -2.12. The molecular formula is C7H14N2O2S. The van der Waals surface area contributed by atoms with Crippen LogP contribution in [0.1, 0.15) is 26.7 Å². The molecule has 0 saturated heterocycles. The summed E-state index contributed by atoms with van der Waals surface area (Å²) >= 11 is 0. The second-order valence-electron chi connectivity index (χ2n) is 2.46. The van der Waals surface area contributed by atoms with Gasteiger partial charge in [0.1, 0.15) is 0 Å². The third-order valence-corrected chi connectivity index (χ3v) is 3.79. The van der Waals surface area contributed by atoms with Crippen molar-refractivity contribution in [1.29, 1.82) is 5.26 Å². The van der Waals surface area contributed by atoms with Crippen LogP contribution < -0.4 is 4.72 Å². The average Bonchev–Trinajstić information content (AvgIpc) is 2.03. The van der Waals surface area contributed by atoms with Crippen molar-refractivity contribution < 1.29 is 8.42 Å². The molecule has 0 aliphatic rings. The molecular weight excluding hydrogens is 176 g/mol. The molecule has 4 nitrogen and oxygen atoms in total. The van der Waals surface area contributed by atoms with Gasteiger partial charge in [-0.05, 0) is 12.8 Å². The van der Waals surface area contributed by atoms with Crippen LogP contribution >= 0.6 is 0 Å². The van der Waals surface area contributed by atoms with E-state index in [0.29, 0.717) is 12.8 Å². The molecule has 0 aliphatic heterocycles. The lowest BCUT2D eigenvalue weighted by molar-refractivity contribution is 0.561. The molecule has 0 aliphatic carbocycles. The molecule has 0 saturated carbocycles. The van der Waals surface area contributed by atoms with Gasteiger partial charge in [-0.15, -0.1) is 0 Å². The second kappa shape index (κ2) is 5.12. The minimum absolute atomic E-state index is 0.140. The van der Waals surface area contributed by atoms with Crippen LogP contribution in [0.2, 0.25) is 0 Å². The molecule has 0 amide bonds. The van der Waals surface area contributed by atoms with Crippen LogP contribution in [0.25, 0.3) is 0 Å². The zero-order valence-electron chi connectivity index (χ0n) is 7.37. The molecule has 0 heterocycles. The van der Waals surface area contributed by atoms with E-state index in [1.54, 1.807) is 6.07 Å². The number of nitrogens with zero attached hydrogens (tertiary/aromatic N) is 1. The van der Waals surface area contributed by atoms with Crippen molar-refractivity contribution in [3.05, 3.63) is 0 Å². The fourth-order valence-corrected chi connectivity index (χ4v) is 2.36. The number of nitriles is 1. The van der Waals surface area contributed by atoms with Gasteiger partial charge in [0.05, 0.1) is 17.9 Å². The summed E-state index contributed by atoms with van der Waals surface area (Å²) in [6.07, 6.45) is 1.16. The van der Waals surface area contributed by atoms with E-state index in [4.69, 9.17) is 5.26 Å². The summed E-state index contributed by atoms with van der Waals surface area (Å²) in [6, 6.07) is 1.74. The third-order valence-electron chi connectivity index (χ3n) is 1.70. The molecule has 70 valence electrons. The summed E-state index contributed by atoms with van der Waals surface area (Å²) in [5.41, 5.74) is 0. The first kappa shape index (κ1) is 11.4. The van der Waals surface area contributed by atoms with Crippen LogP contribution in [0.15, 0.2) is 0 Å². The van der Waals surface area contributed by atoms with Crippen molar-refractivity contribution in [3.8, 4) is 6.07 Å². The van der Waals surface area contributed by atoms with E-state index in [2.05, 4.69) is 4.72 Å². The van der Waals surface area contributed by atoms with Crippen molar-refractivity contribution in [3.63, 3.8) is 0 Å². The van der Waals surface area contributed by atoms with Gasteiger partial charge in [0.15, 0.2) is 0 Å². The highest BCUT2D eigenvalue weighted by atomic mass is 32.2. The summed E-state index contributed by atoms with van der Waals surface area (Å²) in [5.74, 6) is 0. The Kier molecular flexibility index (Phi) is 4.86. The third kappa shape index (κ3) is 3.20. The molecule has 0 atom stereocenters. The van der Waals surface area contributed by atoms with Crippen LogP contribution in [0.4, 0.5) is 0 Å². The van der Waals surface area contributed by atoms with E-state index in [0.717, 1.165) is 0 Å². The quantitative estimate of drug-likeness (QED) is 0.646. The minimum Gasteiger partial charge on any atom is -0.212 e. The minimum atomic E-state index is -3.26. The fraction of sp³-hybridized carbons (Fsp3) is 0.857. The lowest BCUT2D eigenvalue weighted by atomic mass is 10.3. The summed E-state index contributed by atoms with van der Waals surface area (Å²) < 4.78 is 24.8. The van der Waals surface area contributed by atoms with Crippen molar-refractivity contribution >= 4 is 10.0 Å². The van der Waals surface area contributed by atoms with E-state index < -0.39 is 10.0 Å². The smallest absolute Gasteiger partial charge is 0.212 e. The number of hydrogen-bond donors (Lipinski definition) is 1. The Balaban J connectivity index is 4.29. The predicted octanol–water partition coefficient (Wildman–Crippen LogP) is 0.618. The molecule has 0 fully saturated rings. The second-order valence-corrected chi connectivity index (χ2v) is 4.51. The van der Waals surface area contributed by atoms with E-state index in [1.165, 1.54) is 0 Å². The number of hydrogen-bond acceptors (Lipinski definition) is 3. The molecule has 1 N–H and O–H groups in total. The van der Waals surface area contributed by atoms with Crippen LogP contribution in [0, 0.1) is 11.3 Å². The lowest BCUT2D eigenvalue weighted by Crippen LogP contribution is -2.33. The SMILES string of the molecule is CCC(CC)S(=O)(=O)NCC#N. The maximum atomic E-state index is 11.3. The molecule has 0 rings (SSSR count). The Hall–Kier alpha value is -0.600. The Bertz CT molecular complexity index is 249. The van der Waals surface area contributed by atoms with Gasteiger partial charge in [-0.25, -0.2) is 13.1 Å². The molecule has 0 spiro atoms. The largest absolute Gasteiger partial charge is 0.215 e. The average molecular weight is 190 g/mol. The Morgan fingerprint density at radius 2 is 1.92 bits per heavy atom. The zero-order chi connectivity index (χ0) is 9.61. The first-order valence-corrected chi connectivity index (χ1v) is 5.48. The van der Waals surface area contributed by atoms with Gasteiger partial charge >= 0.3 is 0 Å². The van der Waals surface area contributed by atoms with Gasteiger partial charge in [-0.1, -0.05) is 13.8 Å². The first-order valence-electron chi connectivity index (χ1n) is 3.93. The molecule has 0 radical (unpaired) electrons. The normalized spacial score (nSPS) is 11.5. The maximum absolute atomic E-state index is 11.3. The van der Waals surface area contributed by atoms with Crippen LogP contribution in [0.3, 0.4) is 0 Å². The highest BCUT2D eigenvalue weighted by molar-refractivity contribution is 7.90. The number of sulfonamides is 1. The van der Waals surface area contributed by atoms with E-state index >= 15 is 0 Å². The summed E-state index contributed by atoms with van der Waals surface area (Å²) in [7, 11) is -3.26. The zero-order valence-corrected chi connectivity index (χ0v) is 8.19. The maximum Gasteiger partial charge on any atom is 0.215 e. The summed E-state index contributed by atoms with van der Waals surface area (Å²) in [5, 5.41) is 7.81. The Morgan fingerprint density at radius 3 is 2.25 bits per heavy atom. The van der Waals surface area contributed by atoms with Crippen molar-refractivity contribution in [2.75, 3.05) is 6.54 Å². The van der Waals surface area contributed by atoms with Gasteiger partial charge in [0, 0.05) is 0 Å². The van der Waals surface area contributed by atoms with Gasteiger partial charge in [-0.3, -0.25) is 0 Å². The standard InChI is InChI=1S/C7H14N2O2S/c1-3-7(4-2)12(10,11)9-6-5-8/h7,9H,3-4,6H2,1-2H3. The van der Waals surface area contributed by atoms with Crippen LogP contribution in [0.5, 0.6) is 0 Å². The predicted molar refractivity (Wildman–Crippen MR) is 46.9 cm³/mol. The number of nitrogens with one attached hydrogen (secondary N) is 1. The Morgan fingerprint density at radius 1 is 1.42 bits per heavy atom. The van der Waals surface area contributed by atoms with Gasteiger partial charge in [-0.2, -0.15) is 5.26 Å². The van der Waals surface area contributed by atoms with Crippen LogP contribution in [-0.2, 0) is 10.0 Å². The Labute approximate surface area is 73.6 Å². The van der Waals surface area contributed by atoms with Crippen molar-refractivity contribution in [2.24, 2.45) is 0 Å². The molecule has 0 aromatic heterocycles. The van der Waals surface area contributed by atoms with Crippen molar-refractivity contribution in [1.82, 2.24) is 4.72 Å². The van der Waals surface area contributed by atoms with Gasteiger partial charge < -0.3 is 0 Å². The van der Waals surface area contributed by atoms with Gasteiger partial charge in [0.25, 0.3) is 0 Å². The number of rotatable bonds is 5. The molecule has 0 unspecified atom stereocenters. The summed E-state index contributed by atoms with van der Waals surface area (Å²) in [6.45, 7) is 3.50. The molecule has 0 aromatic carbocycles. The van der Waals surface area contributed by atoms with Gasteiger partial charge in [0.2, 0.25) is 10.0 Å². The molecule has 12 heavy (non-hydrogen) atoms. The summed E-state index contributed by atoms with van der Waals surface area (Å²) in [4.78, 5) is 0. The van der Waals surface area contributed by atoms with E-state index in [9.17, 15) is 8.42 Å². The van der Waals surface area contributed by atoms with Crippen LogP contribution in [-0.4, -0.2) is 20.2 Å². The van der Waals surface area contributed by atoms with Crippen molar-refractivity contribution in [2.45, 2.75) is 31.9 Å².